The van der Waals surface area contributed by atoms with Crippen LogP contribution in [0.5, 0.6) is 0 Å². The Kier molecular flexibility index (Phi) is 4.57. The highest BCUT2D eigenvalue weighted by Gasteiger charge is 2.09. The lowest BCUT2D eigenvalue weighted by molar-refractivity contribution is 0.572. The first-order chi connectivity index (χ1) is 12.3. The molecule has 4 aromatic rings. The van der Waals surface area contributed by atoms with Gasteiger partial charge in [0.2, 0.25) is 0 Å². The second-order valence-electron chi connectivity index (χ2n) is 6.32. The molecule has 0 N–H and O–H groups in total. The summed E-state index contributed by atoms with van der Waals surface area (Å²) < 4.78 is 4.50. The van der Waals surface area contributed by atoms with Crippen LogP contribution in [-0.4, -0.2) is 14.1 Å². The van der Waals surface area contributed by atoms with Gasteiger partial charge in [0.15, 0.2) is 0 Å². The minimum absolute atomic E-state index is 0.783. The van der Waals surface area contributed by atoms with E-state index in [-0.39, 0.29) is 0 Å². The number of fused-ring (bicyclic) bond motifs is 1. The molecule has 0 aliphatic rings. The lowest BCUT2D eigenvalue weighted by atomic mass is 10.0. The number of aromatic nitrogens is 3. The molecular weight excluding hydrogens is 330 g/mol. The van der Waals surface area contributed by atoms with Crippen LogP contribution in [0.3, 0.4) is 0 Å². The molecule has 0 saturated heterocycles. The van der Waals surface area contributed by atoms with Crippen molar-refractivity contribution in [1.29, 1.82) is 0 Å². The third kappa shape index (κ3) is 3.62. The highest BCUT2D eigenvalue weighted by Crippen LogP contribution is 2.24. The third-order valence-electron chi connectivity index (χ3n) is 4.55. The summed E-state index contributed by atoms with van der Waals surface area (Å²) in [6, 6.07) is 16.8. The van der Waals surface area contributed by atoms with Crippen LogP contribution in [0.25, 0.3) is 10.9 Å². The molecule has 3 nitrogen and oxygen atoms in total. The van der Waals surface area contributed by atoms with E-state index < -0.39 is 0 Å². The van der Waals surface area contributed by atoms with Gasteiger partial charge in [0, 0.05) is 47.6 Å². The van der Waals surface area contributed by atoms with Crippen molar-refractivity contribution in [3.05, 3.63) is 89.6 Å². The van der Waals surface area contributed by atoms with Crippen LogP contribution in [0.4, 0.5) is 0 Å². The molecular formula is C21H20ClN3. The molecule has 0 aliphatic carbocycles. The van der Waals surface area contributed by atoms with Crippen LogP contribution in [0.2, 0.25) is 5.02 Å². The molecule has 2 heterocycles. The van der Waals surface area contributed by atoms with Crippen LogP contribution in [0.1, 0.15) is 17.5 Å². The van der Waals surface area contributed by atoms with Crippen molar-refractivity contribution in [3.63, 3.8) is 0 Å². The molecule has 4 heteroatoms. The largest absolute Gasteiger partial charge is 0.347 e. The Labute approximate surface area is 152 Å². The van der Waals surface area contributed by atoms with Gasteiger partial charge in [-0.05, 0) is 42.2 Å². The Bertz CT molecular complexity index is 953. The van der Waals surface area contributed by atoms with Crippen LogP contribution in [0, 0.1) is 0 Å². The second-order valence-corrected chi connectivity index (χ2v) is 6.76. The third-order valence-corrected chi connectivity index (χ3v) is 4.81. The van der Waals surface area contributed by atoms with E-state index in [2.05, 4.69) is 56.7 Å². The molecule has 4 rings (SSSR count). The Morgan fingerprint density at radius 2 is 1.80 bits per heavy atom. The van der Waals surface area contributed by atoms with E-state index in [0.29, 0.717) is 0 Å². The molecule has 2 aromatic carbocycles. The van der Waals surface area contributed by atoms with Gasteiger partial charge in [-0.15, -0.1) is 0 Å². The van der Waals surface area contributed by atoms with E-state index in [1.165, 1.54) is 22.0 Å². The molecule has 0 saturated carbocycles. The molecule has 0 bridgehead atoms. The molecule has 0 amide bonds. The minimum atomic E-state index is 0.783. The van der Waals surface area contributed by atoms with Gasteiger partial charge in [0.25, 0.3) is 0 Å². The number of aryl methyl sites for hydroxylation is 2. The number of hydrogen-bond acceptors (Lipinski definition) is 1. The standard InChI is InChI=1S/C21H20ClN3/c22-19-8-6-17(7-9-19)14-18-15-25(21-5-2-1-4-20(18)21)12-3-11-24-13-10-23-16-24/h1-2,4-10,13,15-16H,3,11-12,14H2. The summed E-state index contributed by atoms with van der Waals surface area (Å²) in [6.45, 7) is 1.98. The van der Waals surface area contributed by atoms with E-state index in [4.69, 9.17) is 11.6 Å². The summed E-state index contributed by atoms with van der Waals surface area (Å²) in [5, 5.41) is 2.12. The van der Waals surface area contributed by atoms with E-state index in [1.54, 1.807) is 0 Å². The number of para-hydroxylation sites is 1. The van der Waals surface area contributed by atoms with Crippen molar-refractivity contribution in [1.82, 2.24) is 14.1 Å². The SMILES string of the molecule is Clc1ccc(Cc2cn(CCCn3ccnc3)c3ccccc23)cc1. The van der Waals surface area contributed by atoms with Gasteiger partial charge in [-0.1, -0.05) is 41.9 Å². The van der Waals surface area contributed by atoms with Crippen molar-refractivity contribution in [2.75, 3.05) is 0 Å². The average Bonchev–Trinajstić information content (AvgIpc) is 3.26. The van der Waals surface area contributed by atoms with Gasteiger partial charge >= 0.3 is 0 Å². The number of rotatable bonds is 6. The van der Waals surface area contributed by atoms with E-state index in [0.717, 1.165) is 31.0 Å². The first-order valence-electron chi connectivity index (χ1n) is 8.56. The van der Waals surface area contributed by atoms with Gasteiger partial charge in [-0.25, -0.2) is 4.98 Å². The molecule has 0 fully saturated rings. The highest BCUT2D eigenvalue weighted by atomic mass is 35.5. The van der Waals surface area contributed by atoms with Gasteiger partial charge in [0.05, 0.1) is 6.33 Å². The predicted molar refractivity (Wildman–Crippen MR) is 103 cm³/mol. The number of halogens is 1. The Balaban J connectivity index is 1.56. The lowest BCUT2D eigenvalue weighted by Crippen LogP contribution is -2.01. The average molecular weight is 350 g/mol. The maximum absolute atomic E-state index is 6.00. The topological polar surface area (TPSA) is 22.8 Å². The summed E-state index contributed by atoms with van der Waals surface area (Å²) in [4.78, 5) is 4.10. The molecule has 126 valence electrons. The number of imidazole rings is 1. The maximum Gasteiger partial charge on any atom is 0.0945 e. The quantitative estimate of drug-likeness (QED) is 0.470. The Hall–Kier alpha value is -2.52. The summed E-state index contributed by atoms with van der Waals surface area (Å²) in [7, 11) is 0. The molecule has 0 unspecified atom stereocenters. The fourth-order valence-electron chi connectivity index (χ4n) is 3.31. The number of benzene rings is 2. The minimum Gasteiger partial charge on any atom is -0.347 e. The van der Waals surface area contributed by atoms with E-state index in [9.17, 15) is 0 Å². The summed E-state index contributed by atoms with van der Waals surface area (Å²) in [6.07, 6.45) is 10.0. The van der Waals surface area contributed by atoms with Crippen molar-refractivity contribution < 1.29 is 0 Å². The molecule has 2 aromatic heterocycles. The van der Waals surface area contributed by atoms with Gasteiger partial charge < -0.3 is 9.13 Å². The smallest absolute Gasteiger partial charge is 0.0945 e. The normalized spacial score (nSPS) is 11.2. The zero-order chi connectivity index (χ0) is 17.1. The molecule has 0 aliphatic heterocycles. The summed E-state index contributed by atoms with van der Waals surface area (Å²) in [5.41, 5.74) is 3.95. The van der Waals surface area contributed by atoms with Gasteiger partial charge in [0.1, 0.15) is 0 Å². The fraction of sp³-hybridized carbons (Fsp3) is 0.190. The monoisotopic (exact) mass is 349 g/mol. The lowest BCUT2D eigenvalue weighted by Gasteiger charge is -2.06. The van der Waals surface area contributed by atoms with E-state index >= 15 is 0 Å². The Morgan fingerprint density at radius 1 is 0.960 bits per heavy atom. The first kappa shape index (κ1) is 16.0. The van der Waals surface area contributed by atoms with Crippen LogP contribution in [0.15, 0.2) is 73.4 Å². The predicted octanol–water partition coefficient (Wildman–Crippen LogP) is 5.17. The second kappa shape index (κ2) is 7.16. The molecule has 25 heavy (non-hydrogen) atoms. The van der Waals surface area contributed by atoms with Gasteiger partial charge in [-0.2, -0.15) is 0 Å². The van der Waals surface area contributed by atoms with Crippen molar-refractivity contribution in [3.8, 4) is 0 Å². The summed E-state index contributed by atoms with van der Waals surface area (Å²) >= 11 is 6.00. The van der Waals surface area contributed by atoms with Crippen LogP contribution >= 0.6 is 11.6 Å². The first-order valence-corrected chi connectivity index (χ1v) is 8.94. The number of hydrogen-bond donors (Lipinski definition) is 0. The molecule has 0 spiro atoms. The van der Waals surface area contributed by atoms with E-state index in [1.807, 2.05) is 30.9 Å². The van der Waals surface area contributed by atoms with Crippen molar-refractivity contribution in [2.24, 2.45) is 0 Å². The van der Waals surface area contributed by atoms with Crippen LogP contribution < -0.4 is 0 Å². The number of nitrogens with zero attached hydrogens (tertiary/aromatic N) is 3. The van der Waals surface area contributed by atoms with Crippen molar-refractivity contribution in [2.45, 2.75) is 25.9 Å². The fourth-order valence-corrected chi connectivity index (χ4v) is 3.44. The zero-order valence-corrected chi connectivity index (χ0v) is 14.7. The summed E-state index contributed by atoms with van der Waals surface area (Å²) in [5.74, 6) is 0. The molecule has 0 radical (unpaired) electrons. The van der Waals surface area contributed by atoms with Gasteiger partial charge in [-0.3, -0.25) is 0 Å². The van der Waals surface area contributed by atoms with Crippen LogP contribution in [-0.2, 0) is 19.5 Å². The molecule has 0 atom stereocenters. The maximum atomic E-state index is 6.00. The highest BCUT2D eigenvalue weighted by molar-refractivity contribution is 6.30. The Morgan fingerprint density at radius 3 is 2.60 bits per heavy atom. The zero-order valence-electron chi connectivity index (χ0n) is 14.0. The van der Waals surface area contributed by atoms with Crippen molar-refractivity contribution >= 4 is 22.5 Å².